The molecule has 0 heterocycles. The Hall–Kier alpha value is -1.46. The maximum Gasteiger partial charge on any atom is 0.429 e. The summed E-state index contributed by atoms with van der Waals surface area (Å²) in [6, 6.07) is -0.0623. The average molecular weight is 342 g/mol. The van der Waals surface area contributed by atoms with E-state index < -0.39 is 23.4 Å². The first-order chi connectivity index (χ1) is 11.0. The zero-order valence-electron chi connectivity index (χ0n) is 16.1. The van der Waals surface area contributed by atoms with Gasteiger partial charge >= 0.3 is 12.2 Å². The van der Waals surface area contributed by atoms with Crippen LogP contribution in [0.5, 0.6) is 0 Å². The molecule has 140 valence electrons. The molecule has 0 atom stereocenters. The molecule has 24 heavy (non-hydrogen) atoms. The Morgan fingerprint density at radius 2 is 1.29 bits per heavy atom. The third kappa shape index (κ3) is 8.41. The van der Waals surface area contributed by atoms with E-state index in [1.807, 2.05) is 20.8 Å². The van der Waals surface area contributed by atoms with Crippen LogP contribution in [0, 0.1) is 0 Å². The molecule has 1 aliphatic rings. The minimum Gasteiger partial charge on any atom is -0.443 e. The number of nitrogens with zero attached hydrogens (tertiary/aromatic N) is 1. The van der Waals surface area contributed by atoms with Crippen LogP contribution in [0.1, 0.15) is 86.5 Å². The quantitative estimate of drug-likeness (QED) is 0.697. The second-order valence-corrected chi connectivity index (χ2v) is 8.46. The molecule has 0 aromatic heterocycles. The fourth-order valence-corrected chi connectivity index (χ4v) is 2.69. The van der Waals surface area contributed by atoms with E-state index in [9.17, 15) is 9.59 Å². The molecule has 6 nitrogen and oxygen atoms in total. The van der Waals surface area contributed by atoms with Gasteiger partial charge in [0.05, 0.1) is 6.04 Å². The summed E-state index contributed by atoms with van der Waals surface area (Å²) in [5, 5.41) is 1.34. The number of hydrogen-bond acceptors (Lipinski definition) is 4. The van der Waals surface area contributed by atoms with Crippen LogP contribution >= 0.6 is 0 Å². The Bertz CT molecular complexity index is 416. The molecule has 1 aliphatic carbocycles. The van der Waals surface area contributed by atoms with Gasteiger partial charge in [-0.05, 0) is 54.4 Å². The molecule has 1 saturated carbocycles. The first-order valence-electron chi connectivity index (χ1n) is 9.00. The lowest BCUT2D eigenvalue weighted by Crippen LogP contribution is -2.54. The van der Waals surface area contributed by atoms with Crippen LogP contribution in [-0.2, 0) is 9.47 Å². The van der Waals surface area contributed by atoms with E-state index in [-0.39, 0.29) is 6.04 Å². The van der Waals surface area contributed by atoms with Gasteiger partial charge in [0.1, 0.15) is 11.2 Å². The molecule has 1 fully saturated rings. The third-order valence-corrected chi connectivity index (χ3v) is 3.64. The van der Waals surface area contributed by atoms with E-state index in [1.54, 1.807) is 20.8 Å². The minimum atomic E-state index is -0.629. The lowest BCUT2D eigenvalue weighted by Gasteiger charge is -2.34. The lowest BCUT2D eigenvalue weighted by atomic mass is 9.96. The molecule has 6 heteroatoms. The summed E-state index contributed by atoms with van der Waals surface area (Å²) in [5.41, 5.74) is 1.37. The first kappa shape index (κ1) is 20.6. The zero-order valence-corrected chi connectivity index (χ0v) is 16.1. The van der Waals surface area contributed by atoms with Gasteiger partial charge in [0.25, 0.3) is 0 Å². The van der Waals surface area contributed by atoms with Crippen LogP contribution in [-0.4, -0.2) is 34.4 Å². The maximum atomic E-state index is 12.6. The summed E-state index contributed by atoms with van der Waals surface area (Å²) in [5.74, 6) is 0. The van der Waals surface area contributed by atoms with Gasteiger partial charge in [-0.2, -0.15) is 0 Å². The van der Waals surface area contributed by atoms with Crippen molar-refractivity contribution in [3.05, 3.63) is 0 Å². The highest BCUT2D eigenvalue weighted by Gasteiger charge is 2.31. The van der Waals surface area contributed by atoms with Crippen molar-refractivity contribution >= 4 is 12.2 Å². The van der Waals surface area contributed by atoms with Crippen molar-refractivity contribution in [2.75, 3.05) is 0 Å². The molecule has 1 N–H and O–H groups in total. The Kier molecular flexibility index (Phi) is 7.36. The molecule has 0 spiro atoms. The van der Waals surface area contributed by atoms with E-state index >= 15 is 0 Å². The molecule has 0 aliphatic heterocycles. The molecule has 0 saturated heterocycles. The molecular formula is C18H34N2O4. The van der Waals surface area contributed by atoms with Crippen molar-refractivity contribution in [1.29, 1.82) is 0 Å². The molecule has 2 amide bonds. The van der Waals surface area contributed by atoms with Crippen LogP contribution in [0.3, 0.4) is 0 Å². The second-order valence-electron chi connectivity index (χ2n) is 8.46. The third-order valence-electron chi connectivity index (χ3n) is 3.64. The topological polar surface area (TPSA) is 67.9 Å². The Morgan fingerprint density at radius 3 is 1.75 bits per heavy atom. The summed E-state index contributed by atoms with van der Waals surface area (Å²) in [4.78, 5) is 24.7. The Balaban J connectivity index is 2.84. The summed E-state index contributed by atoms with van der Waals surface area (Å²) < 4.78 is 10.8. The van der Waals surface area contributed by atoms with E-state index in [0.29, 0.717) is 0 Å². The molecule has 0 aromatic rings. The van der Waals surface area contributed by atoms with Gasteiger partial charge in [0, 0.05) is 0 Å². The van der Waals surface area contributed by atoms with Crippen molar-refractivity contribution in [1.82, 2.24) is 10.4 Å². The highest BCUT2D eigenvalue weighted by atomic mass is 16.6. The van der Waals surface area contributed by atoms with Gasteiger partial charge in [-0.15, -0.1) is 0 Å². The number of carbonyl (C=O) groups excluding carboxylic acids is 2. The van der Waals surface area contributed by atoms with Gasteiger partial charge in [-0.25, -0.2) is 20.0 Å². The predicted octanol–water partition coefficient (Wildman–Crippen LogP) is 4.78. The van der Waals surface area contributed by atoms with Crippen LogP contribution < -0.4 is 5.43 Å². The van der Waals surface area contributed by atoms with Crippen molar-refractivity contribution in [3.63, 3.8) is 0 Å². The number of hydrazine groups is 1. The van der Waals surface area contributed by atoms with Crippen molar-refractivity contribution in [2.24, 2.45) is 0 Å². The fourth-order valence-electron chi connectivity index (χ4n) is 2.69. The van der Waals surface area contributed by atoms with Crippen LogP contribution in [0.15, 0.2) is 0 Å². The molecule has 0 aromatic carbocycles. The largest absolute Gasteiger partial charge is 0.443 e. The number of carbonyl (C=O) groups is 2. The smallest absolute Gasteiger partial charge is 0.429 e. The molecule has 0 bridgehead atoms. The normalized spacial score (nSPS) is 17.4. The Labute approximate surface area is 146 Å². The summed E-state index contributed by atoms with van der Waals surface area (Å²) in [7, 11) is 0. The van der Waals surface area contributed by atoms with Gasteiger partial charge in [-0.3, -0.25) is 0 Å². The number of nitrogens with one attached hydrogen (secondary N) is 1. The van der Waals surface area contributed by atoms with Crippen LogP contribution in [0.2, 0.25) is 0 Å². The number of amides is 2. The van der Waals surface area contributed by atoms with Gasteiger partial charge in [0.15, 0.2) is 0 Å². The molecular weight excluding hydrogens is 308 g/mol. The summed E-state index contributed by atoms with van der Waals surface area (Å²) in [6.07, 6.45) is 6.19. The minimum absolute atomic E-state index is 0.0623. The Morgan fingerprint density at radius 1 is 0.833 bits per heavy atom. The first-order valence-corrected chi connectivity index (χ1v) is 9.00. The van der Waals surface area contributed by atoms with Crippen molar-refractivity contribution in [2.45, 2.75) is 104 Å². The fraction of sp³-hybridized carbons (Fsp3) is 0.889. The summed E-state index contributed by atoms with van der Waals surface area (Å²) in [6.45, 7) is 10.8. The lowest BCUT2D eigenvalue weighted by molar-refractivity contribution is -0.0125. The second kappa shape index (κ2) is 8.58. The molecule has 0 unspecified atom stereocenters. The van der Waals surface area contributed by atoms with E-state index in [1.165, 1.54) is 11.4 Å². The zero-order chi connectivity index (χ0) is 18.4. The average Bonchev–Trinajstić information content (AvgIpc) is 2.31. The molecule has 1 rings (SSSR count). The highest BCUT2D eigenvalue weighted by Crippen LogP contribution is 2.22. The van der Waals surface area contributed by atoms with Gasteiger partial charge in [0.2, 0.25) is 0 Å². The number of hydrogen-bond donors (Lipinski definition) is 1. The van der Waals surface area contributed by atoms with Crippen molar-refractivity contribution in [3.8, 4) is 0 Å². The van der Waals surface area contributed by atoms with Crippen molar-refractivity contribution < 1.29 is 19.1 Å². The van der Waals surface area contributed by atoms with E-state index in [2.05, 4.69) is 5.43 Å². The van der Waals surface area contributed by atoms with Crippen LogP contribution in [0.25, 0.3) is 0 Å². The SMILES string of the molecule is CC(C)(C)OC(=O)NN(C(=O)OC(C)(C)C)C1CCCCCCC1. The van der Waals surface area contributed by atoms with Gasteiger partial charge < -0.3 is 9.47 Å². The van der Waals surface area contributed by atoms with E-state index in [4.69, 9.17) is 9.47 Å². The van der Waals surface area contributed by atoms with E-state index in [0.717, 1.165) is 38.5 Å². The monoisotopic (exact) mass is 342 g/mol. The number of rotatable bonds is 1. The number of ether oxygens (including phenoxy) is 2. The summed E-state index contributed by atoms with van der Waals surface area (Å²) >= 11 is 0. The predicted molar refractivity (Wildman–Crippen MR) is 93.5 cm³/mol. The molecule has 0 radical (unpaired) electrons. The highest BCUT2D eigenvalue weighted by molar-refractivity contribution is 5.74. The van der Waals surface area contributed by atoms with Crippen LogP contribution in [0.4, 0.5) is 9.59 Å². The maximum absolute atomic E-state index is 12.6. The van der Waals surface area contributed by atoms with Gasteiger partial charge in [-0.1, -0.05) is 32.1 Å². The standard InChI is InChI=1S/C18H34N2O4/c1-17(2,3)23-15(21)19-20(16(22)24-18(4,5)6)14-12-10-8-7-9-11-13-14/h14H,7-13H2,1-6H3,(H,19,21).